The molecule has 2 aromatic rings. The number of methoxy groups -OCH3 is 2. The van der Waals surface area contributed by atoms with Crippen LogP contribution in [0.5, 0.6) is 11.5 Å². The van der Waals surface area contributed by atoms with E-state index < -0.39 is 24.3 Å². The Balaban J connectivity index is 1.71. The van der Waals surface area contributed by atoms with E-state index in [0.29, 0.717) is 30.4 Å². The van der Waals surface area contributed by atoms with Crippen molar-refractivity contribution in [1.29, 1.82) is 0 Å². The Bertz CT molecular complexity index is 970. The van der Waals surface area contributed by atoms with Crippen LogP contribution in [0.25, 0.3) is 0 Å². The standard InChI is InChI=1S/C20H18Cl2N2O6/c1-28-5-6-30-17-7-11(3-4-16(17)29-2)23-18(25)10-24-19(26)12-8-14(21)15(22)9-13(12)20(24)27/h3-4,7-9H,5-6,10H2,1-2H3,(H,23,25). The predicted molar refractivity (Wildman–Crippen MR) is 111 cm³/mol. The van der Waals surface area contributed by atoms with Crippen molar-refractivity contribution in [2.24, 2.45) is 0 Å². The molecule has 0 aliphatic carbocycles. The molecule has 158 valence electrons. The molecule has 0 atom stereocenters. The van der Waals surface area contributed by atoms with Crippen molar-refractivity contribution in [3.05, 3.63) is 51.5 Å². The number of carbonyl (C=O) groups excluding carboxylic acids is 3. The highest BCUT2D eigenvalue weighted by Crippen LogP contribution is 2.32. The Hall–Kier alpha value is -2.81. The van der Waals surface area contributed by atoms with Crippen LogP contribution in [0.3, 0.4) is 0 Å². The van der Waals surface area contributed by atoms with E-state index in [1.54, 1.807) is 25.3 Å². The van der Waals surface area contributed by atoms with Crippen molar-refractivity contribution in [2.45, 2.75) is 0 Å². The second kappa shape index (κ2) is 9.34. The maximum absolute atomic E-state index is 12.5. The number of hydrogen-bond acceptors (Lipinski definition) is 6. The van der Waals surface area contributed by atoms with Crippen LogP contribution in [0.15, 0.2) is 30.3 Å². The lowest BCUT2D eigenvalue weighted by molar-refractivity contribution is -0.116. The maximum Gasteiger partial charge on any atom is 0.262 e. The molecule has 1 aliphatic rings. The topological polar surface area (TPSA) is 94.2 Å². The molecule has 0 aromatic heterocycles. The summed E-state index contributed by atoms with van der Waals surface area (Å²) in [5.41, 5.74) is 0.636. The normalized spacial score (nSPS) is 12.7. The summed E-state index contributed by atoms with van der Waals surface area (Å²) in [5, 5.41) is 2.95. The van der Waals surface area contributed by atoms with Gasteiger partial charge in [-0.3, -0.25) is 19.3 Å². The fourth-order valence-electron chi connectivity index (χ4n) is 2.87. The number of ether oxygens (including phenoxy) is 3. The number of nitrogens with one attached hydrogen (secondary N) is 1. The van der Waals surface area contributed by atoms with Crippen molar-refractivity contribution in [3.8, 4) is 11.5 Å². The minimum absolute atomic E-state index is 0.112. The number of halogens is 2. The summed E-state index contributed by atoms with van der Waals surface area (Å²) in [4.78, 5) is 38.3. The van der Waals surface area contributed by atoms with Crippen LogP contribution in [0.4, 0.5) is 5.69 Å². The molecule has 10 heteroatoms. The number of carbonyl (C=O) groups is 3. The molecule has 0 unspecified atom stereocenters. The summed E-state index contributed by atoms with van der Waals surface area (Å²) in [6.45, 7) is 0.214. The average Bonchev–Trinajstić information content (AvgIpc) is 2.93. The van der Waals surface area contributed by atoms with Gasteiger partial charge in [-0.05, 0) is 24.3 Å². The van der Waals surface area contributed by atoms with Crippen molar-refractivity contribution in [1.82, 2.24) is 4.90 Å². The van der Waals surface area contributed by atoms with Gasteiger partial charge >= 0.3 is 0 Å². The summed E-state index contributed by atoms with van der Waals surface area (Å²) in [7, 11) is 3.05. The van der Waals surface area contributed by atoms with Gasteiger partial charge in [0.2, 0.25) is 5.91 Å². The third kappa shape index (κ3) is 4.51. The molecular weight excluding hydrogens is 435 g/mol. The van der Waals surface area contributed by atoms with Gasteiger partial charge in [0.15, 0.2) is 11.5 Å². The molecule has 3 rings (SSSR count). The van der Waals surface area contributed by atoms with E-state index in [2.05, 4.69) is 5.32 Å². The van der Waals surface area contributed by atoms with Gasteiger partial charge in [0, 0.05) is 18.9 Å². The zero-order valence-corrected chi connectivity index (χ0v) is 17.7. The van der Waals surface area contributed by atoms with E-state index in [0.717, 1.165) is 4.90 Å². The monoisotopic (exact) mass is 452 g/mol. The molecule has 3 amide bonds. The zero-order valence-electron chi connectivity index (χ0n) is 16.2. The highest BCUT2D eigenvalue weighted by molar-refractivity contribution is 6.43. The van der Waals surface area contributed by atoms with E-state index in [1.807, 2.05) is 0 Å². The number of nitrogens with zero attached hydrogens (tertiary/aromatic N) is 1. The largest absolute Gasteiger partial charge is 0.493 e. The highest BCUT2D eigenvalue weighted by atomic mass is 35.5. The quantitative estimate of drug-likeness (QED) is 0.487. The number of imide groups is 1. The summed E-state index contributed by atoms with van der Waals surface area (Å²) < 4.78 is 15.8. The summed E-state index contributed by atoms with van der Waals surface area (Å²) in [6.07, 6.45) is 0. The summed E-state index contributed by atoms with van der Waals surface area (Å²) in [6, 6.07) is 7.47. The highest BCUT2D eigenvalue weighted by Gasteiger charge is 2.37. The number of rotatable bonds is 8. The molecule has 1 N–H and O–H groups in total. The molecule has 0 radical (unpaired) electrons. The van der Waals surface area contributed by atoms with Gasteiger partial charge in [-0.2, -0.15) is 0 Å². The van der Waals surface area contributed by atoms with Crippen LogP contribution < -0.4 is 14.8 Å². The Morgan fingerprint density at radius 2 is 1.60 bits per heavy atom. The number of hydrogen-bond donors (Lipinski definition) is 1. The van der Waals surface area contributed by atoms with Gasteiger partial charge in [-0.1, -0.05) is 23.2 Å². The Morgan fingerprint density at radius 1 is 0.967 bits per heavy atom. The van der Waals surface area contributed by atoms with Gasteiger partial charge in [0.25, 0.3) is 11.8 Å². The van der Waals surface area contributed by atoms with Crippen LogP contribution in [0.2, 0.25) is 10.0 Å². The molecule has 30 heavy (non-hydrogen) atoms. The van der Waals surface area contributed by atoms with Gasteiger partial charge in [-0.15, -0.1) is 0 Å². The molecule has 2 aromatic carbocycles. The molecule has 1 heterocycles. The van der Waals surface area contributed by atoms with Crippen molar-refractivity contribution in [3.63, 3.8) is 0 Å². The van der Waals surface area contributed by atoms with Crippen LogP contribution in [0.1, 0.15) is 20.7 Å². The number of amides is 3. The van der Waals surface area contributed by atoms with E-state index in [-0.39, 0.29) is 21.2 Å². The summed E-state index contributed by atoms with van der Waals surface area (Å²) >= 11 is 11.9. The van der Waals surface area contributed by atoms with Gasteiger partial charge in [0.05, 0.1) is 34.9 Å². The maximum atomic E-state index is 12.5. The second-order valence-electron chi connectivity index (χ2n) is 6.26. The van der Waals surface area contributed by atoms with Crippen molar-refractivity contribution in [2.75, 3.05) is 39.3 Å². The van der Waals surface area contributed by atoms with Gasteiger partial charge in [-0.25, -0.2) is 0 Å². The fourth-order valence-corrected chi connectivity index (χ4v) is 3.20. The molecule has 0 spiro atoms. The first-order chi connectivity index (χ1) is 14.3. The molecular formula is C20H18Cl2N2O6. The minimum Gasteiger partial charge on any atom is -0.493 e. The number of anilines is 1. The number of fused-ring (bicyclic) bond motifs is 1. The van der Waals surface area contributed by atoms with Gasteiger partial charge < -0.3 is 19.5 Å². The SMILES string of the molecule is COCCOc1cc(NC(=O)CN2C(=O)c3cc(Cl)c(Cl)cc3C2=O)ccc1OC. The second-order valence-corrected chi connectivity index (χ2v) is 7.08. The van der Waals surface area contributed by atoms with Crippen LogP contribution in [-0.2, 0) is 9.53 Å². The molecule has 0 saturated heterocycles. The van der Waals surface area contributed by atoms with Crippen molar-refractivity contribution >= 4 is 46.6 Å². The minimum atomic E-state index is -0.609. The van der Waals surface area contributed by atoms with E-state index in [9.17, 15) is 14.4 Å². The molecule has 0 bridgehead atoms. The van der Waals surface area contributed by atoms with E-state index in [4.69, 9.17) is 37.4 Å². The molecule has 1 aliphatic heterocycles. The molecule has 8 nitrogen and oxygen atoms in total. The Kier molecular flexibility index (Phi) is 6.81. The molecule has 0 saturated carbocycles. The van der Waals surface area contributed by atoms with E-state index >= 15 is 0 Å². The average molecular weight is 453 g/mol. The van der Waals surface area contributed by atoms with Crippen LogP contribution in [-0.4, -0.2) is 56.6 Å². The first-order valence-electron chi connectivity index (χ1n) is 8.80. The lowest BCUT2D eigenvalue weighted by Gasteiger charge is -2.15. The lowest BCUT2D eigenvalue weighted by Crippen LogP contribution is -2.37. The number of benzene rings is 2. The predicted octanol–water partition coefficient (Wildman–Crippen LogP) is 3.26. The molecule has 0 fully saturated rings. The first kappa shape index (κ1) is 21.9. The lowest BCUT2D eigenvalue weighted by atomic mass is 10.1. The fraction of sp³-hybridized carbons (Fsp3) is 0.250. The van der Waals surface area contributed by atoms with Crippen LogP contribution in [0, 0.1) is 0 Å². The zero-order chi connectivity index (χ0) is 21.8. The Labute approximate surface area is 182 Å². The van der Waals surface area contributed by atoms with E-state index in [1.165, 1.54) is 19.2 Å². The third-order valence-electron chi connectivity index (χ3n) is 4.31. The first-order valence-corrected chi connectivity index (χ1v) is 9.56. The Morgan fingerprint density at radius 3 is 2.17 bits per heavy atom. The third-order valence-corrected chi connectivity index (χ3v) is 5.03. The van der Waals surface area contributed by atoms with Gasteiger partial charge in [0.1, 0.15) is 13.2 Å². The summed E-state index contributed by atoms with van der Waals surface area (Å²) in [5.74, 6) is -0.880. The van der Waals surface area contributed by atoms with Crippen molar-refractivity contribution < 1.29 is 28.6 Å². The van der Waals surface area contributed by atoms with Crippen LogP contribution >= 0.6 is 23.2 Å². The smallest absolute Gasteiger partial charge is 0.262 e.